The smallest absolute Gasteiger partial charge is 0.187 e. The molecule has 70 valence electrons. The van der Waals surface area contributed by atoms with Gasteiger partial charge in [-0.2, -0.15) is 0 Å². The first kappa shape index (κ1) is 10.2. The fraction of sp³-hybridized carbons (Fsp3) is 0.167. The van der Waals surface area contributed by atoms with Crippen LogP contribution >= 0.6 is 0 Å². The summed E-state index contributed by atoms with van der Waals surface area (Å²) < 4.78 is 0. The number of Topliss-reactive ketones (excluding diaryl/α,β-unsaturated/α-hetero) is 1. The maximum absolute atomic E-state index is 11.0. The van der Waals surface area contributed by atoms with E-state index >= 15 is 0 Å². The van der Waals surface area contributed by atoms with Crippen LogP contribution in [0.25, 0.3) is 10.9 Å². The van der Waals surface area contributed by atoms with Crippen LogP contribution in [-0.4, -0.2) is 5.78 Å². The lowest BCUT2D eigenvalue weighted by atomic mass is 10.1. The molecule has 2 heteroatoms. The number of rotatable bonds is 2. The second-order valence-corrected chi connectivity index (χ2v) is 3.09. The largest absolute Gasteiger partial charge is 0.295 e. The Morgan fingerprint density at radius 1 is 1.29 bits per heavy atom. The molecule has 0 aliphatic carbocycles. The fourth-order valence-corrected chi connectivity index (χ4v) is 0.997. The molecule has 0 radical (unpaired) electrons. The third-order valence-corrected chi connectivity index (χ3v) is 1.96. The quantitative estimate of drug-likeness (QED) is 0.512. The summed E-state index contributed by atoms with van der Waals surface area (Å²) in [4.78, 5) is 14.2. The molecule has 0 unspecified atom stereocenters. The highest BCUT2D eigenvalue weighted by Gasteiger charge is 1.96. The van der Waals surface area contributed by atoms with E-state index in [4.69, 9.17) is 6.57 Å². The molecule has 1 aromatic rings. The van der Waals surface area contributed by atoms with Crippen LogP contribution in [-0.2, 0) is 4.79 Å². The van der Waals surface area contributed by atoms with Gasteiger partial charge in [0.1, 0.15) is 0 Å². The normalized spacial score (nSPS) is 10.8. The number of allylic oxidation sites excluding steroid dienone is 1. The number of carbonyl (C=O) groups is 1. The first-order valence-corrected chi connectivity index (χ1v) is 4.30. The molecular formula is C12H11NO. The zero-order chi connectivity index (χ0) is 10.6. The van der Waals surface area contributed by atoms with E-state index in [0.29, 0.717) is 5.69 Å². The predicted octanol–water partition coefficient (Wildman–Crippen LogP) is 3.23. The van der Waals surface area contributed by atoms with Crippen LogP contribution < -0.4 is 0 Å². The first-order valence-electron chi connectivity index (χ1n) is 4.30. The minimum Gasteiger partial charge on any atom is -0.295 e. The van der Waals surface area contributed by atoms with E-state index in [-0.39, 0.29) is 5.78 Å². The Morgan fingerprint density at radius 2 is 1.86 bits per heavy atom. The third-order valence-electron chi connectivity index (χ3n) is 1.96. The van der Waals surface area contributed by atoms with Crippen molar-refractivity contribution in [1.82, 2.24) is 0 Å². The van der Waals surface area contributed by atoms with Gasteiger partial charge in [0.15, 0.2) is 11.5 Å². The van der Waals surface area contributed by atoms with Crippen molar-refractivity contribution in [2.75, 3.05) is 0 Å². The Hall–Kier alpha value is -1.88. The van der Waals surface area contributed by atoms with E-state index in [1.165, 1.54) is 0 Å². The highest BCUT2D eigenvalue weighted by Crippen LogP contribution is 2.14. The molecule has 14 heavy (non-hydrogen) atoms. The Balaban J connectivity index is 2.95. The summed E-state index contributed by atoms with van der Waals surface area (Å²) in [6, 6.07) is 7.15. The second-order valence-electron chi connectivity index (χ2n) is 3.09. The number of carbonyl (C=O) groups excluding carboxylic acids is 1. The van der Waals surface area contributed by atoms with Gasteiger partial charge < -0.3 is 0 Å². The summed E-state index contributed by atoms with van der Waals surface area (Å²) in [7, 11) is 0. The maximum Gasteiger partial charge on any atom is 0.187 e. The molecule has 0 saturated heterocycles. The lowest BCUT2D eigenvalue weighted by Crippen LogP contribution is -1.90. The topological polar surface area (TPSA) is 21.4 Å². The highest BCUT2D eigenvalue weighted by molar-refractivity contribution is 5.97. The van der Waals surface area contributed by atoms with Crippen molar-refractivity contribution < 1.29 is 4.79 Å². The standard InChI is InChI=1S/C12H11NO/c1-9(10(2)14)8-11-4-6-12(13-3)7-5-11/h4-8H,1-2H3. The number of ketones is 1. The van der Waals surface area contributed by atoms with E-state index in [1.54, 1.807) is 26.0 Å². The van der Waals surface area contributed by atoms with Gasteiger partial charge in [-0.3, -0.25) is 4.79 Å². The summed E-state index contributed by atoms with van der Waals surface area (Å²) in [5, 5.41) is 0. The summed E-state index contributed by atoms with van der Waals surface area (Å²) in [5.74, 6) is 0.0688. The molecule has 0 N–H and O–H groups in total. The van der Waals surface area contributed by atoms with Crippen molar-refractivity contribution in [2.24, 2.45) is 0 Å². The van der Waals surface area contributed by atoms with Gasteiger partial charge >= 0.3 is 0 Å². The van der Waals surface area contributed by atoms with Crippen LogP contribution in [0.4, 0.5) is 5.69 Å². The molecule has 0 bridgehead atoms. The van der Waals surface area contributed by atoms with Crippen molar-refractivity contribution in [3.05, 3.63) is 46.8 Å². The molecule has 2 nitrogen and oxygen atoms in total. The van der Waals surface area contributed by atoms with E-state index in [0.717, 1.165) is 11.1 Å². The summed E-state index contributed by atoms with van der Waals surface area (Å²) >= 11 is 0. The van der Waals surface area contributed by atoms with Gasteiger partial charge in [0.05, 0.1) is 6.57 Å². The van der Waals surface area contributed by atoms with Gasteiger partial charge in [-0.15, -0.1) is 0 Å². The molecular weight excluding hydrogens is 174 g/mol. The Bertz CT molecular complexity index is 407. The van der Waals surface area contributed by atoms with Gasteiger partial charge in [0.25, 0.3) is 0 Å². The maximum atomic E-state index is 11.0. The average molecular weight is 185 g/mol. The SMILES string of the molecule is [C-]#[N+]c1ccc(C=C(C)C(C)=O)cc1. The molecule has 0 heterocycles. The first-order chi connectivity index (χ1) is 6.63. The third kappa shape index (κ3) is 2.56. The van der Waals surface area contributed by atoms with Crippen molar-refractivity contribution in [3.8, 4) is 0 Å². The van der Waals surface area contributed by atoms with Crippen LogP contribution in [0.5, 0.6) is 0 Å². The van der Waals surface area contributed by atoms with Crippen LogP contribution in [0.1, 0.15) is 19.4 Å². The number of hydrogen-bond donors (Lipinski definition) is 0. The van der Waals surface area contributed by atoms with E-state index in [2.05, 4.69) is 4.85 Å². The second kappa shape index (κ2) is 4.38. The Kier molecular flexibility index (Phi) is 3.19. The Morgan fingerprint density at radius 3 is 2.29 bits per heavy atom. The summed E-state index contributed by atoms with van der Waals surface area (Å²) in [5.41, 5.74) is 2.29. The molecule has 0 aliphatic heterocycles. The van der Waals surface area contributed by atoms with E-state index in [9.17, 15) is 4.79 Å². The predicted molar refractivity (Wildman–Crippen MR) is 57.0 cm³/mol. The van der Waals surface area contributed by atoms with E-state index < -0.39 is 0 Å². The van der Waals surface area contributed by atoms with Crippen molar-refractivity contribution in [3.63, 3.8) is 0 Å². The van der Waals surface area contributed by atoms with Gasteiger partial charge in [-0.25, -0.2) is 4.85 Å². The molecule has 1 rings (SSSR count). The summed E-state index contributed by atoms with van der Waals surface area (Å²) in [6.45, 7) is 10.1. The molecule has 0 saturated carbocycles. The van der Waals surface area contributed by atoms with Gasteiger partial charge in [0.2, 0.25) is 0 Å². The van der Waals surface area contributed by atoms with Gasteiger partial charge in [0, 0.05) is 0 Å². The van der Waals surface area contributed by atoms with Gasteiger partial charge in [-0.05, 0) is 31.1 Å². The monoisotopic (exact) mass is 185 g/mol. The molecule has 0 atom stereocenters. The minimum atomic E-state index is 0.0688. The fourth-order valence-electron chi connectivity index (χ4n) is 0.997. The van der Waals surface area contributed by atoms with Crippen LogP contribution in [0.15, 0.2) is 29.8 Å². The van der Waals surface area contributed by atoms with Crippen molar-refractivity contribution in [1.29, 1.82) is 0 Å². The molecule has 0 amide bonds. The van der Waals surface area contributed by atoms with E-state index in [1.807, 2.05) is 18.2 Å². The molecule has 0 fully saturated rings. The molecule has 0 aliphatic rings. The lowest BCUT2D eigenvalue weighted by Gasteiger charge is -1.96. The molecule has 0 spiro atoms. The average Bonchev–Trinajstić information content (AvgIpc) is 2.19. The minimum absolute atomic E-state index is 0.0688. The van der Waals surface area contributed by atoms with Crippen LogP contribution in [0.2, 0.25) is 0 Å². The number of hydrogen-bond acceptors (Lipinski definition) is 1. The molecule has 0 aromatic heterocycles. The van der Waals surface area contributed by atoms with Crippen molar-refractivity contribution >= 4 is 17.5 Å². The zero-order valence-corrected chi connectivity index (χ0v) is 8.24. The Labute approximate surface area is 83.7 Å². The lowest BCUT2D eigenvalue weighted by molar-refractivity contribution is -0.113. The molecule has 1 aromatic carbocycles. The number of nitrogens with zero attached hydrogens (tertiary/aromatic N) is 1. The summed E-state index contributed by atoms with van der Waals surface area (Å²) in [6.07, 6.45) is 1.82. The zero-order valence-electron chi connectivity index (χ0n) is 8.24. The highest BCUT2D eigenvalue weighted by atomic mass is 16.1. The van der Waals surface area contributed by atoms with Crippen LogP contribution in [0, 0.1) is 6.57 Å². The van der Waals surface area contributed by atoms with Crippen molar-refractivity contribution in [2.45, 2.75) is 13.8 Å². The number of benzene rings is 1. The van der Waals surface area contributed by atoms with Gasteiger partial charge in [-0.1, -0.05) is 24.3 Å². The van der Waals surface area contributed by atoms with Crippen LogP contribution in [0.3, 0.4) is 0 Å².